The molecule has 1 aliphatic heterocycles. The van der Waals surface area contributed by atoms with E-state index in [0.717, 1.165) is 15.8 Å². The van der Waals surface area contributed by atoms with E-state index in [0.29, 0.717) is 16.3 Å². The molecule has 0 unspecified atom stereocenters. The van der Waals surface area contributed by atoms with Crippen LogP contribution in [-0.2, 0) is 0 Å². The van der Waals surface area contributed by atoms with E-state index in [2.05, 4.69) is 31.2 Å². The molecule has 6 nitrogen and oxygen atoms in total. The van der Waals surface area contributed by atoms with Gasteiger partial charge in [0.1, 0.15) is 5.82 Å². The molecule has 98 valence electrons. The number of nitrogens with zero attached hydrogens (tertiary/aromatic N) is 3. The Morgan fingerprint density at radius 1 is 1.47 bits per heavy atom. The summed E-state index contributed by atoms with van der Waals surface area (Å²) in [7, 11) is 0. The van der Waals surface area contributed by atoms with E-state index in [9.17, 15) is 0 Å². The van der Waals surface area contributed by atoms with Crippen molar-refractivity contribution in [2.24, 2.45) is 5.10 Å². The molecule has 8 heteroatoms. The van der Waals surface area contributed by atoms with Gasteiger partial charge in [-0.25, -0.2) is 0 Å². The summed E-state index contributed by atoms with van der Waals surface area (Å²) >= 11 is 8.54. The lowest BCUT2D eigenvalue weighted by molar-refractivity contribution is 0.174. The lowest BCUT2D eigenvalue weighted by atomic mass is 10.2. The van der Waals surface area contributed by atoms with Crippen LogP contribution in [0.1, 0.15) is 11.4 Å². The van der Waals surface area contributed by atoms with Gasteiger partial charge in [-0.15, -0.1) is 0 Å². The molecule has 0 bridgehead atoms. The molecule has 1 aliphatic rings. The highest BCUT2D eigenvalue weighted by Crippen LogP contribution is 2.36. The van der Waals surface area contributed by atoms with Crippen molar-refractivity contribution in [3.8, 4) is 11.5 Å². The molecule has 0 atom stereocenters. The summed E-state index contributed by atoms with van der Waals surface area (Å²) in [5, 5.41) is 10.9. The van der Waals surface area contributed by atoms with Gasteiger partial charge in [-0.3, -0.25) is 5.10 Å². The second-order valence-corrected chi connectivity index (χ2v) is 5.10. The average molecular weight is 341 g/mol. The van der Waals surface area contributed by atoms with Crippen LogP contribution < -0.4 is 9.47 Å². The van der Waals surface area contributed by atoms with Crippen LogP contribution in [0.3, 0.4) is 0 Å². The number of ether oxygens (including phenoxy) is 2. The quantitative estimate of drug-likeness (QED) is 0.674. The van der Waals surface area contributed by atoms with Crippen LogP contribution in [0.5, 0.6) is 11.5 Å². The van der Waals surface area contributed by atoms with Crippen molar-refractivity contribution in [2.45, 2.75) is 6.92 Å². The summed E-state index contributed by atoms with van der Waals surface area (Å²) in [6.45, 7) is 2.06. The molecule has 0 aliphatic carbocycles. The zero-order chi connectivity index (χ0) is 13.4. The molecule has 1 N–H and O–H groups in total. The van der Waals surface area contributed by atoms with Gasteiger partial charge in [-0.05, 0) is 47.2 Å². The van der Waals surface area contributed by atoms with E-state index in [-0.39, 0.29) is 6.79 Å². The molecule has 2 aromatic rings. The van der Waals surface area contributed by atoms with Gasteiger partial charge in [0.05, 0.1) is 6.21 Å². The molecule has 0 saturated heterocycles. The molecule has 1 aromatic heterocycles. The van der Waals surface area contributed by atoms with Crippen molar-refractivity contribution in [3.63, 3.8) is 0 Å². The van der Waals surface area contributed by atoms with Crippen molar-refractivity contribution < 1.29 is 9.47 Å². The summed E-state index contributed by atoms with van der Waals surface area (Å²) in [6.07, 6.45) is 1.68. The minimum atomic E-state index is 0.244. The van der Waals surface area contributed by atoms with Crippen molar-refractivity contribution in [1.82, 2.24) is 14.9 Å². The largest absolute Gasteiger partial charge is 0.454 e. The van der Waals surface area contributed by atoms with Crippen LogP contribution >= 0.6 is 28.1 Å². The van der Waals surface area contributed by atoms with E-state index in [1.165, 1.54) is 0 Å². The highest BCUT2D eigenvalue weighted by molar-refractivity contribution is 9.10. The second kappa shape index (κ2) is 4.78. The van der Waals surface area contributed by atoms with Gasteiger partial charge in [0.25, 0.3) is 0 Å². The minimum absolute atomic E-state index is 0.244. The number of benzene rings is 1. The van der Waals surface area contributed by atoms with Gasteiger partial charge in [0.15, 0.2) is 11.5 Å². The molecule has 0 saturated carbocycles. The Kier molecular flexibility index (Phi) is 3.11. The predicted octanol–water partition coefficient (Wildman–Crippen LogP) is 2.62. The number of H-pyrrole nitrogens is 1. The van der Waals surface area contributed by atoms with Crippen LogP contribution in [0.15, 0.2) is 21.7 Å². The van der Waals surface area contributed by atoms with Gasteiger partial charge in [-0.1, -0.05) is 0 Å². The zero-order valence-corrected chi connectivity index (χ0v) is 12.3. The highest BCUT2D eigenvalue weighted by atomic mass is 79.9. The van der Waals surface area contributed by atoms with Gasteiger partial charge in [-0.2, -0.15) is 14.9 Å². The normalized spacial score (nSPS) is 13.4. The Hall–Kier alpha value is -1.67. The minimum Gasteiger partial charge on any atom is -0.454 e. The van der Waals surface area contributed by atoms with Crippen LogP contribution in [0.25, 0.3) is 0 Å². The summed E-state index contributed by atoms with van der Waals surface area (Å²) in [4.78, 5) is 0. The number of aryl methyl sites for hydroxylation is 1. The Morgan fingerprint density at radius 2 is 2.21 bits per heavy atom. The molecular weight excluding hydrogens is 332 g/mol. The average Bonchev–Trinajstić information content (AvgIpc) is 2.94. The van der Waals surface area contributed by atoms with Crippen molar-refractivity contribution in [2.75, 3.05) is 6.79 Å². The maximum atomic E-state index is 5.33. The van der Waals surface area contributed by atoms with Gasteiger partial charge in [0, 0.05) is 10.0 Å². The fraction of sp³-hybridized carbons (Fsp3) is 0.182. The van der Waals surface area contributed by atoms with Crippen molar-refractivity contribution in [1.29, 1.82) is 0 Å². The number of hydrogen-bond acceptors (Lipinski definition) is 5. The third-order valence-corrected chi connectivity index (χ3v) is 3.57. The SMILES string of the molecule is Cc1n[nH]c(=S)n1/N=C\c1cc2c(cc1Br)OCO2. The summed E-state index contributed by atoms with van der Waals surface area (Å²) in [5.41, 5.74) is 0.867. The number of aromatic amines is 1. The third-order valence-electron chi connectivity index (χ3n) is 2.62. The summed E-state index contributed by atoms with van der Waals surface area (Å²) in [5.74, 6) is 2.12. The molecule has 2 heterocycles. The first-order chi connectivity index (χ1) is 9.15. The first-order valence-corrected chi connectivity index (χ1v) is 6.63. The lowest BCUT2D eigenvalue weighted by Crippen LogP contribution is -1.94. The zero-order valence-electron chi connectivity index (χ0n) is 9.88. The third kappa shape index (κ3) is 2.28. The van der Waals surface area contributed by atoms with E-state index < -0.39 is 0 Å². The molecule has 0 fully saturated rings. The molecule has 1 aromatic carbocycles. The van der Waals surface area contributed by atoms with Gasteiger partial charge >= 0.3 is 0 Å². The Morgan fingerprint density at radius 3 is 2.89 bits per heavy atom. The summed E-state index contributed by atoms with van der Waals surface area (Å²) < 4.78 is 13.5. The molecule has 0 amide bonds. The van der Waals surface area contributed by atoms with Crippen LogP contribution in [-0.4, -0.2) is 27.9 Å². The fourth-order valence-corrected chi connectivity index (χ4v) is 2.31. The maximum absolute atomic E-state index is 5.33. The number of hydrogen-bond donors (Lipinski definition) is 1. The molecule has 0 spiro atoms. The van der Waals surface area contributed by atoms with Gasteiger partial charge < -0.3 is 9.47 Å². The maximum Gasteiger partial charge on any atom is 0.231 e. The monoisotopic (exact) mass is 340 g/mol. The Balaban J connectivity index is 1.98. The molecule has 0 radical (unpaired) electrons. The standard InChI is InChI=1S/C11H9BrN4O2S/c1-6-14-15-11(19)16(6)13-4-7-2-9-10(3-8(7)12)18-5-17-9/h2-4H,5H2,1H3,(H,15,19)/b13-4-. The fourth-order valence-electron chi connectivity index (χ4n) is 1.66. The number of aromatic nitrogens is 3. The van der Waals surface area contributed by atoms with E-state index in [1.54, 1.807) is 10.9 Å². The van der Waals surface area contributed by atoms with Crippen molar-refractivity contribution in [3.05, 3.63) is 32.8 Å². The second-order valence-electron chi connectivity index (χ2n) is 3.86. The molecule has 19 heavy (non-hydrogen) atoms. The first kappa shape index (κ1) is 12.4. The Labute approximate surface area is 122 Å². The Bertz CT molecular complexity index is 722. The predicted molar refractivity (Wildman–Crippen MR) is 75.4 cm³/mol. The molecule has 3 rings (SSSR count). The van der Waals surface area contributed by atoms with Gasteiger partial charge in [0.2, 0.25) is 11.6 Å². The highest BCUT2D eigenvalue weighted by Gasteiger charge is 2.15. The van der Waals surface area contributed by atoms with E-state index >= 15 is 0 Å². The number of rotatable bonds is 2. The van der Waals surface area contributed by atoms with Crippen LogP contribution in [0.4, 0.5) is 0 Å². The van der Waals surface area contributed by atoms with E-state index in [4.69, 9.17) is 21.7 Å². The number of fused-ring (bicyclic) bond motifs is 1. The lowest BCUT2D eigenvalue weighted by Gasteiger charge is -2.01. The topological polar surface area (TPSA) is 64.4 Å². The molecular formula is C11H9BrN4O2S. The number of halogens is 1. The van der Waals surface area contributed by atoms with Crippen LogP contribution in [0, 0.1) is 11.7 Å². The number of nitrogens with one attached hydrogen (secondary N) is 1. The first-order valence-electron chi connectivity index (χ1n) is 5.42. The van der Waals surface area contributed by atoms with Crippen molar-refractivity contribution >= 4 is 34.4 Å². The van der Waals surface area contributed by atoms with E-state index in [1.807, 2.05) is 19.1 Å². The summed E-state index contributed by atoms with van der Waals surface area (Å²) in [6, 6.07) is 3.71. The smallest absolute Gasteiger partial charge is 0.231 e. The van der Waals surface area contributed by atoms with Crippen LogP contribution in [0.2, 0.25) is 0 Å².